The van der Waals surface area contributed by atoms with Crippen LogP contribution in [-0.2, 0) is 0 Å². The Kier molecular flexibility index (Phi) is 5.38. The topological polar surface area (TPSA) is 52.6 Å². The highest BCUT2D eigenvalue weighted by Crippen LogP contribution is 2.39. The van der Waals surface area contributed by atoms with E-state index < -0.39 is 5.82 Å². The second-order valence-corrected chi connectivity index (χ2v) is 7.13. The zero-order valence-corrected chi connectivity index (χ0v) is 16.7. The van der Waals surface area contributed by atoms with Crippen molar-refractivity contribution >= 4 is 29.2 Å². The summed E-state index contributed by atoms with van der Waals surface area (Å²) in [6, 6.07) is 16.3. The molecule has 0 atom stereocenters. The minimum atomic E-state index is -0.553. The van der Waals surface area contributed by atoms with Crippen molar-refractivity contribution in [2.45, 2.75) is 6.92 Å². The number of fused-ring (bicyclic) bond motifs is 1. The fourth-order valence-corrected chi connectivity index (χ4v) is 3.37. The SMILES string of the molecule is Cc1c(OCC(=O)c2ccccc2)ccc2c1O/C(=C\c1c(F)cccc1Cl)C2=O. The smallest absolute Gasteiger partial charge is 0.231 e. The average Bonchev–Trinajstić information content (AvgIpc) is 3.07. The molecule has 1 aliphatic rings. The van der Waals surface area contributed by atoms with Gasteiger partial charge in [-0.15, -0.1) is 0 Å². The molecule has 0 saturated heterocycles. The molecule has 3 aromatic rings. The summed E-state index contributed by atoms with van der Waals surface area (Å²) in [7, 11) is 0. The summed E-state index contributed by atoms with van der Waals surface area (Å²) >= 11 is 6.04. The van der Waals surface area contributed by atoms with Crippen molar-refractivity contribution in [1.82, 2.24) is 0 Å². The molecule has 4 rings (SSSR count). The summed E-state index contributed by atoms with van der Waals surface area (Å²) in [4.78, 5) is 25.0. The molecule has 0 N–H and O–H groups in total. The number of ether oxygens (including phenoxy) is 2. The Morgan fingerprint density at radius 3 is 2.60 bits per heavy atom. The van der Waals surface area contributed by atoms with E-state index in [-0.39, 0.29) is 34.5 Å². The van der Waals surface area contributed by atoms with Gasteiger partial charge in [0.05, 0.1) is 10.6 Å². The molecule has 0 radical (unpaired) electrons. The Labute approximate surface area is 177 Å². The molecule has 0 amide bonds. The molecule has 0 unspecified atom stereocenters. The standard InChI is InChI=1S/C24H16ClFO4/c1-14-21(29-13-20(27)15-6-3-2-4-7-15)11-10-16-23(28)22(30-24(14)16)12-17-18(25)8-5-9-19(17)26/h2-12H,13H2,1H3/b22-12-. The number of carbonyl (C=O) groups excluding carboxylic acids is 2. The van der Waals surface area contributed by atoms with Crippen LogP contribution in [0.2, 0.25) is 5.02 Å². The van der Waals surface area contributed by atoms with Crippen molar-refractivity contribution in [1.29, 1.82) is 0 Å². The number of Topliss-reactive ketones (excluding diaryl/α,β-unsaturated/α-hetero) is 2. The molecular formula is C24H16ClFO4. The second-order valence-electron chi connectivity index (χ2n) is 6.72. The van der Waals surface area contributed by atoms with Gasteiger partial charge in [-0.25, -0.2) is 4.39 Å². The molecule has 0 spiro atoms. The highest BCUT2D eigenvalue weighted by atomic mass is 35.5. The fourth-order valence-electron chi connectivity index (χ4n) is 3.15. The van der Waals surface area contributed by atoms with Crippen LogP contribution in [-0.4, -0.2) is 18.2 Å². The molecule has 3 aromatic carbocycles. The first-order chi connectivity index (χ1) is 14.5. The van der Waals surface area contributed by atoms with E-state index in [4.69, 9.17) is 21.1 Å². The highest BCUT2D eigenvalue weighted by Gasteiger charge is 2.30. The van der Waals surface area contributed by atoms with Crippen LogP contribution in [0.3, 0.4) is 0 Å². The lowest BCUT2D eigenvalue weighted by molar-refractivity contribution is 0.0920. The molecule has 1 heterocycles. The Morgan fingerprint density at radius 1 is 1.10 bits per heavy atom. The van der Waals surface area contributed by atoms with Gasteiger partial charge in [0.1, 0.15) is 17.3 Å². The molecule has 0 fully saturated rings. The van der Waals surface area contributed by atoms with Gasteiger partial charge >= 0.3 is 0 Å². The third kappa shape index (κ3) is 3.72. The molecule has 0 aromatic heterocycles. The maximum atomic E-state index is 14.1. The van der Waals surface area contributed by atoms with Gasteiger partial charge in [0.2, 0.25) is 5.78 Å². The van der Waals surface area contributed by atoms with Gasteiger partial charge in [-0.05, 0) is 37.3 Å². The number of carbonyl (C=O) groups is 2. The largest absolute Gasteiger partial charge is 0.485 e. The minimum absolute atomic E-state index is 0.0300. The second kappa shape index (κ2) is 8.13. The van der Waals surface area contributed by atoms with Crippen LogP contribution in [0.15, 0.2) is 66.4 Å². The first-order valence-electron chi connectivity index (χ1n) is 9.18. The maximum Gasteiger partial charge on any atom is 0.231 e. The van der Waals surface area contributed by atoms with Crippen molar-refractivity contribution in [2.24, 2.45) is 0 Å². The molecule has 30 heavy (non-hydrogen) atoms. The molecular weight excluding hydrogens is 407 g/mol. The fraction of sp³-hybridized carbons (Fsp3) is 0.0833. The van der Waals surface area contributed by atoms with Crippen molar-refractivity contribution in [3.8, 4) is 11.5 Å². The van der Waals surface area contributed by atoms with Gasteiger partial charge < -0.3 is 9.47 Å². The number of ketones is 2. The van der Waals surface area contributed by atoms with Gasteiger partial charge in [0.25, 0.3) is 0 Å². The van der Waals surface area contributed by atoms with Crippen molar-refractivity contribution in [3.63, 3.8) is 0 Å². The lowest BCUT2D eigenvalue weighted by atomic mass is 10.1. The summed E-state index contributed by atoms with van der Waals surface area (Å²) in [6.07, 6.45) is 1.29. The zero-order chi connectivity index (χ0) is 21.3. The number of benzene rings is 3. The van der Waals surface area contributed by atoms with Gasteiger partial charge in [-0.2, -0.15) is 0 Å². The number of hydrogen-bond acceptors (Lipinski definition) is 4. The van der Waals surface area contributed by atoms with E-state index in [2.05, 4.69) is 0 Å². The van der Waals surface area contributed by atoms with Crippen molar-refractivity contribution in [2.75, 3.05) is 6.61 Å². The first-order valence-corrected chi connectivity index (χ1v) is 9.56. The third-order valence-electron chi connectivity index (χ3n) is 4.77. The number of allylic oxidation sites excluding steroid dienone is 1. The summed E-state index contributed by atoms with van der Waals surface area (Å²) in [6.45, 7) is 1.58. The number of rotatable bonds is 5. The van der Waals surface area contributed by atoms with Gasteiger partial charge in [0, 0.05) is 16.7 Å². The predicted molar refractivity (Wildman–Crippen MR) is 112 cm³/mol. The van der Waals surface area contributed by atoms with E-state index in [0.717, 1.165) is 0 Å². The molecule has 0 aliphatic carbocycles. The predicted octanol–water partition coefficient (Wildman–Crippen LogP) is 5.67. The van der Waals surface area contributed by atoms with E-state index in [1.165, 1.54) is 24.3 Å². The molecule has 0 bridgehead atoms. The van der Waals surface area contributed by atoms with E-state index in [0.29, 0.717) is 28.2 Å². The monoisotopic (exact) mass is 422 g/mol. The van der Waals surface area contributed by atoms with E-state index in [1.807, 2.05) is 6.07 Å². The summed E-state index contributed by atoms with van der Waals surface area (Å²) in [5.74, 6) is -0.374. The van der Waals surface area contributed by atoms with E-state index in [9.17, 15) is 14.0 Å². The van der Waals surface area contributed by atoms with E-state index in [1.54, 1.807) is 43.3 Å². The normalized spacial score (nSPS) is 13.8. The van der Waals surface area contributed by atoms with E-state index >= 15 is 0 Å². The number of halogens is 2. The van der Waals surface area contributed by atoms with Crippen LogP contribution in [0.4, 0.5) is 4.39 Å². The van der Waals surface area contributed by atoms with Crippen LogP contribution in [0.5, 0.6) is 11.5 Å². The highest BCUT2D eigenvalue weighted by molar-refractivity contribution is 6.32. The van der Waals surface area contributed by atoms with Gasteiger partial charge in [0.15, 0.2) is 18.1 Å². The van der Waals surface area contributed by atoms with Crippen LogP contribution >= 0.6 is 11.6 Å². The van der Waals surface area contributed by atoms with Gasteiger partial charge in [-0.1, -0.05) is 48.0 Å². The van der Waals surface area contributed by atoms with Gasteiger partial charge in [-0.3, -0.25) is 9.59 Å². The molecule has 0 saturated carbocycles. The molecule has 4 nitrogen and oxygen atoms in total. The molecule has 6 heteroatoms. The molecule has 1 aliphatic heterocycles. The maximum absolute atomic E-state index is 14.1. The Balaban J connectivity index is 1.57. The molecule has 150 valence electrons. The Morgan fingerprint density at radius 2 is 1.87 bits per heavy atom. The summed E-state index contributed by atoms with van der Waals surface area (Å²) in [5, 5.41) is 0.176. The van der Waals surface area contributed by atoms with Crippen molar-refractivity contribution in [3.05, 3.63) is 99.5 Å². The summed E-state index contributed by atoms with van der Waals surface area (Å²) in [5.41, 5.74) is 1.55. The average molecular weight is 423 g/mol. The van der Waals surface area contributed by atoms with Crippen LogP contribution < -0.4 is 9.47 Å². The number of hydrogen-bond donors (Lipinski definition) is 0. The summed E-state index contributed by atoms with van der Waals surface area (Å²) < 4.78 is 25.5. The quantitative estimate of drug-likeness (QED) is 0.393. The lowest BCUT2D eigenvalue weighted by Gasteiger charge is -2.11. The third-order valence-corrected chi connectivity index (χ3v) is 5.10. The zero-order valence-electron chi connectivity index (χ0n) is 15.9. The van der Waals surface area contributed by atoms with Crippen molar-refractivity contribution < 1.29 is 23.5 Å². The van der Waals surface area contributed by atoms with Crippen LogP contribution in [0.1, 0.15) is 31.8 Å². The first kappa shape index (κ1) is 19.9. The minimum Gasteiger partial charge on any atom is -0.485 e. The lowest BCUT2D eigenvalue weighted by Crippen LogP contribution is -2.12. The van der Waals surface area contributed by atoms with Crippen LogP contribution in [0, 0.1) is 12.7 Å². The van der Waals surface area contributed by atoms with Crippen LogP contribution in [0.25, 0.3) is 6.08 Å². The Hall–Kier alpha value is -3.44. The Bertz CT molecular complexity index is 1170.